The van der Waals surface area contributed by atoms with Crippen LogP contribution in [0.4, 0.5) is 5.69 Å². The zero-order chi connectivity index (χ0) is 16.8. The van der Waals surface area contributed by atoms with Gasteiger partial charge in [-0.25, -0.2) is 0 Å². The molecular weight excluding hydrogens is 292 g/mol. The molecule has 0 saturated heterocycles. The van der Waals surface area contributed by atoms with Gasteiger partial charge in [0.1, 0.15) is 5.75 Å². The number of para-hydroxylation sites is 2. The Balaban J connectivity index is 2.03. The number of anilines is 1. The first-order valence-corrected chi connectivity index (χ1v) is 7.39. The molecular formula is C18H20N2O3. The van der Waals surface area contributed by atoms with Crippen LogP contribution in [0.1, 0.15) is 35.7 Å². The molecule has 0 heterocycles. The number of primary amides is 1. The molecule has 0 fully saturated rings. The lowest BCUT2D eigenvalue weighted by atomic mass is 10.0. The molecule has 0 saturated carbocycles. The molecule has 0 bridgehead atoms. The van der Waals surface area contributed by atoms with Gasteiger partial charge >= 0.3 is 0 Å². The first kappa shape index (κ1) is 16.5. The highest BCUT2D eigenvalue weighted by molar-refractivity contribution is 5.96. The molecule has 23 heavy (non-hydrogen) atoms. The van der Waals surface area contributed by atoms with E-state index in [1.54, 1.807) is 24.3 Å². The van der Waals surface area contributed by atoms with E-state index in [9.17, 15) is 9.59 Å². The van der Waals surface area contributed by atoms with E-state index < -0.39 is 5.91 Å². The third-order valence-corrected chi connectivity index (χ3v) is 3.37. The van der Waals surface area contributed by atoms with Crippen molar-refractivity contribution < 1.29 is 14.3 Å². The van der Waals surface area contributed by atoms with Crippen LogP contribution in [0.3, 0.4) is 0 Å². The fourth-order valence-corrected chi connectivity index (χ4v) is 2.24. The van der Waals surface area contributed by atoms with Crippen LogP contribution < -0.4 is 15.8 Å². The maximum absolute atomic E-state index is 12.1. The number of nitrogens with one attached hydrogen (secondary N) is 1. The highest BCUT2D eigenvalue weighted by Gasteiger charge is 2.12. The number of benzene rings is 2. The lowest BCUT2D eigenvalue weighted by Gasteiger charge is -2.14. The van der Waals surface area contributed by atoms with E-state index in [4.69, 9.17) is 10.5 Å². The van der Waals surface area contributed by atoms with E-state index in [0.717, 1.165) is 11.3 Å². The number of carbonyl (C=O) groups is 2. The summed E-state index contributed by atoms with van der Waals surface area (Å²) in [6.45, 7) is 3.92. The van der Waals surface area contributed by atoms with Gasteiger partial charge in [-0.15, -0.1) is 0 Å². The summed E-state index contributed by atoms with van der Waals surface area (Å²) in [7, 11) is 0. The fourth-order valence-electron chi connectivity index (χ4n) is 2.24. The lowest BCUT2D eigenvalue weighted by molar-refractivity contribution is -0.118. The predicted octanol–water partition coefficient (Wildman–Crippen LogP) is 2.93. The van der Waals surface area contributed by atoms with Crippen LogP contribution in [0.15, 0.2) is 48.5 Å². The first-order chi connectivity index (χ1) is 11.0. The molecule has 0 aliphatic heterocycles. The van der Waals surface area contributed by atoms with Gasteiger partial charge in [0.15, 0.2) is 6.61 Å². The maximum atomic E-state index is 12.1. The van der Waals surface area contributed by atoms with Crippen LogP contribution in [0, 0.1) is 0 Å². The molecule has 5 nitrogen and oxygen atoms in total. The summed E-state index contributed by atoms with van der Waals surface area (Å²) in [6, 6.07) is 14.2. The van der Waals surface area contributed by atoms with Gasteiger partial charge in [0.2, 0.25) is 0 Å². The molecule has 0 atom stereocenters. The van der Waals surface area contributed by atoms with Crippen molar-refractivity contribution in [3.63, 3.8) is 0 Å². The normalized spacial score (nSPS) is 10.4. The Morgan fingerprint density at radius 1 is 1.09 bits per heavy atom. The Morgan fingerprint density at radius 2 is 1.74 bits per heavy atom. The van der Waals surface area contributed by atoms with Crippen molar-refractivity contribution >= 4 is 17.5 Å². The fraction of sp³-hybridized carbons (Fsp3) is 0.222. The molecule has 2 aromatic rings. The van der Waals surface area contributed by atoms with Gasteiger partial charge in [-0.1, -0.05) is 44.2 Å². The summed E-state index contributed by atoms with van der Waals surface area (Å²) < 4.78 is 5.42. The molecule has 0 radical (unpaired) electrons. The summed E-state index contributed by atoms with van der Waals surface area (Å²) in [5.41, 5.74) is 7.35. The molecule has 120 valence electrons. The van der Waals surface area contributed by atoms with E-state index in [1.807, 2.05) is 24.3 Å². The minimum Gasteiger partial charge on any atom is -0.483 e. The lowest BCUT2D eigenvalue weighted by Crippen LogP contribution is -2.22. The topological polar surface area (TPSA) is 81.4 Å². The summed E-state index contributed by atoms with van der Waals surface area (Å²) >= 11 is 0. The number of hydrogen-bond acceptors (Lipinski definition) is 3. The Hall–Kier alpha value is -2.82. The van der Waals surface area contributed by atoms with Gasteiger partial charge in [0.05, 0.1) is 5.56 Å². The predicted molar refractivity (Wildman–Crippen MR) is 89.6 cm³/mol. The van der Waals surface area contributed by atoms with Crippen molar-refractivity contribution in [3.8, 4) is 5.75 Å². The van der Waals surface area contributed by atoms with E-state index in [2.05, 4.69) is 19.2 Å². The van der Waals surface area contributed by atoms with Gasteiger partial charge < -0.3 is 15.8 Å². The molecule has 0 unspecified atom stereocenters. The smallest absolute Gasteiger partial charge is 0.262 e. The number of carbonyl (C=O) groups excluding carboxylic acids is 2. The highest BCUT2D eigenvalue weighted by atomic mass is 16.5. The Bertz CT molecular complexity index is 711. The minimum absolute atomic E-state index is 0.198. The number of rotatable bonds is 6. The van der Waals surface area contributed by atoms with Crippen molar-refractivity contribution in [2.24, 2.45) is 5.73 Å². The average Bonchev–Trinajstić information content (AvgIpc) is 2.53. The van der Waals surface area contributed by atoms with E-state index in [-0.39, 0.29) is 18.1 Å². The van der Waals surface area contributed by atoms with E-state index in [1.165, 1.54) is 0 Å². The van der Waals surface area contributed by atoms with Crippen LogP contribution in [0.2, 0.25) is 0 Å². The van der Waals surface area contributed by atoms with Crippen LogP contribution >= 0.6 is 0 Å². The maximum Gasteiger partial charge on any atom is 0.262 e. The third kappa shape index (κ3) is 4.32. The summed E-state index contributed by atoms with van der Waals surface area (Å²) in [6.07, 6.45) is 0. The van der Waals surface area contributed by atoms with Crippen LogP contribution in [0.5, 0.6) is 5.75 Å². The molecule has 5 heteroatoms. The van der Waals surface area contributed by atoms with Crippen LogP contribution in [-0.2, 0) is 4.79 Å². The molecule has 0 aromatic heterocycles. The van der Waals surface area contributed by atoms with Gasteiger partial charge in [0, 0.05) is 5.69 Å². The summed E-state index contributed by atoms with van der Waals surface area (Å²) in [5, 5.41) is 2.83. The number of ether oxygens (including phenoxy) is 1. The highest BCUT2D eigenvalue weighted by Crippen LogP contribution is 2.23. The quantitative estimate of drug-likeness (QED) is 0.860. The largest absolute Gasteiger partial charge is 0.483 e. The number of hydrogen-bond donors (Lipinski definition) is 2. The molecule has 2 amide bonds. The molecule has 2 rings (SSSR count). The van der Waals surface area contributed by atoms with Gasteiger partial charge in [-0.2, -0.15) is 0 Å². The Labute approximate surface area is 135 Å². The second-order valence-corrected chi connectivity index (χ2v) is 5.44. The standard InChI is InChI=1S/C18H20N2O3/c1-12(2)13-7-3-5-9-15(13)20-17(21)11-23-16-10-6-4-8-14(16)18(19)22/h3-10,12H,11H2,1-2H3,(H2,19,22)(H,20,21). The van der Waals surface area contributed by atoms with Crippen molar-refractivity contribution in [2.75, 3.05) is 11.9 Å². The van der Waals surface area contributed by atoms with Crippen molar-refractivity contribution in [1.29, 1.82) is 0 Å². The monoisotopic (exact) mass is 312 g/mol. The molecule has 0 aliphatic rings. The number of nitrogens with two attached hydrogens (primary N) is 1. The SMILES string of the molecule is CC(C)c1ccccc1NC(=O)COc1ccccc1C(N)=O. The number of amides is 2. The zero-order valence-corrected chi connectivity index (χ0v) is 13.2. The van der Waals surface area contributed by atoms with Gasteiger partial charge in [0.25, 0.3) is 11.8 Å². The summed E-state index contributed by atoms with van der Waals surface area (Å²) in [5.74, 6) is -0.293. The van der Waals surface area contributed by atoms with Crippen LogP contribution in [0.25, 0.3) is 0 Å². The van der Waals surface area contributed by atoms with Gasteiger partial charge in [-0.3, -0.25) is 9.59 Å². The molecule has 3 N–H and O–H groups in total. The van der Waals surface area contributed by atoms with Crippen molar-refractivity contribution in [2.45, 2.75) is 19.8 Å². The summed E-state index contributed by atoms with van der Waals surface area (Å²) in [4.78, 5) is 23.4. The molecule has 0 spiro atoms. The van der Waals surface area contributed by atoms with Crippen molar-refractivity contribution in [1.82, 2.24) is 0 Å². The third-order valence-electron chi connectivity index (χ3n) is 3.37. The Kier molecular flexibility index (Phi) is 5.36. The Morgan fingerprint density at radius 3 is 2.43 bits per heavy atom. The average molecular weight is 312 g/mol. The van der Waals surface area contributed by atoms with Crippen LogP contribution in [-0.4, -0.2) is 18.4 Å². The molecule has 2 aromatic carbocycles. The second kappa shape index (κ2) is 7.45. The van der Waals surface area contributed by atoms with E-state index >= 15 is 0 Å². The second-order valence-electron chi connectivity index (χ2n) is 5.44. The minimum atomic E-state index is -0.592. The zero-order valence-electron chi connectivity index (χ0n) is 13.2. The van der Waals surface area contributed by atoms with E-state index in [0.29, 0.717) is 11.7 Å². The molecule has 0 aliphatic carbocycles. The van der Waals surface area contributed by atoms with Crippen molar-refractivity contribution in [3.05, 3.63) is 59.7 Å². The van der Waals surface area contributed by atoms with Gasteiger partial charge in [-0.05, 0) is 29.7 Å². The first-order valence-electron chi connectivity index (χ1n) is 7.39.